The van der Waals surface area contributed by atoms with Crippen molar-refractivity contribution >= 4 is 22.5 Å². The van der Waals surface area contributed by atoms with Gasteiger partial charge in [-0.15, -0.1) is 0 Å². The summed E-state index contributed by atoms with van der Waals surface area (Å²) < 4.78 is 6.31. The van der Waals surface area contributed by atoms with Gasteiger partial charge in [-0.2, -0.15) is 0 Å². The van der Waals surface area contributed by atoms with Crippen LogP contribution in [0.3, 0.4) is 0 Å². The fraction of sp³-hybridized carbons (Fsp3) is 0.484. The number of carbonyl (C=O) groups excluding carboxylic acids is 1. The molecule has 2 saturated heterocycles. The Labute approximate surface area is 219 Å². The van der Waals surface area contributed by atoms with Crippen molar-refractivity contribution in [3.63, 3.8) is 0 Å². The van der Waals surface area contributed by atoms with E-state index in [1.807, 2.05) is 36.1 Å². The van der Waals surface area contributed by atoms with Gasteiger partial charge in [-0.25, -0.2) is 0 Å². The predicted octanol–water partition coefficient (Wildman–Crippen LogP) is 5.36. The molecule has 4 heterocycles. The fourth-order valence-corrected chi connectivity index (χ4v) is 6.65. The highest BCUT2D eigenvalue weighted by atomic mass is 16.5. The number of hydrogen-bond acceptors (Lipinski definition) is 5. The number of nitrogen functional groups attached to an aromatic ring is 1. The summed E-state index contributed by atoms with van der Waals surface area (Å²) in [6.07, 6.45) is 5.49. The molecule has 0 saturated carbocycles. The van der Waals surface area contributed by atoms with Crippen molar-refractivity contribution in [3.8, 4) is 5.75 Å². The Morgan fingerprint density at radius 2 is 1.70 bits per heavy atom. The molecule has 3 aliphatic rings. The van der Waals surface area contributed by atoms with Crippen LogP contribution in [0.5, 0.6) is 5.75 Å². The van der Waals surface area contributed by atoms with Gasteiger partial charge in [0, 0.05) is 37.0 Å². The molecule has 3 aromatic rings. The largest absolute Gasteiger partial charge is 0.487 e. The first-order valence-electron chi connectivity index (χ1n) is 13.7. The van der Waals surface area contributed by atoms with Crippen molar-refractivity contribution in [1.29, 1.82) is 0 Å². The van der Waals surface area contributed by atoms with Gasteiger partial charge >= 0.3 is 0 Å². The molecule has 0 unspecified atom stereocenters. The summed E-state index contributed by atoms with van der Waals surface area (Å²) in [7, 11) is 0. The molecule has 3 aliphatic heterocycles. The number of aromatic nitrogens is 1. The fourth-order valence-electron chi connectivity index (χ4n) is 6.65. The topological polar surface area (TPSA) is 71.7 Å². The van der Waals surface area contributed by atoms with Gasteiger partial charge in [0.2, 0.25) is 0 Å². The number of benzene rings is 2. The summed E-state index contributed by atoms with van der Waals surface area (Å²) in [5.74, 6) is 1.16. The van der Waals surface area contributed by atoms with Crippen LogP contribution in [0.1, 0.15) is 66.7 Å². The summed E-state index contributed by atoms with van der Waals surface area (Å²) in [6.45, 7) is 11.0. The van der Waals surface area contributed by atoms with E-state index in [2.05, 4.69) is 41.9 Å². The standard InChI is InChI=1S/C31H38N4O2/c1-21-27(32)26(24-9-4-5-10-25(24)33-21)29(36)35-17-13-31(14-18-35)11-15-34(16-12-31)20-23-8-6-7-22-19-30(2,3)37-28(22)23/h4-10H,11-20,32H2,1-3H3. The van der Waals surface area contributed by atoms with Crippen LogP contribution in [0.15, 0.2) is 42.5 Å². The molecule has 1 spiro atoms. The highest BCUT2D eigenvalue weighted by Gasteiger charge is 2.39. The second-order valence-corrected chi connectivity index (χ2v) is 12.0. The van der Waals surface area contributed by atoms with Crippen molar-refractivity contribution in [3.05, 3.63) is 64.8 Å². The minimum absolute atomic E-state index is 0.0485. The zero-order chi connectivity index (χ0) is 25.8. The molecule has 1 aromatic heterocycles. The molecule has 37 heavy (non-hydrogen) atoms. The Balaban J connectivity index is 1.10. The molecule has 0 bridgehead atoms. The van der Waals surface area contributed by atoms with Gasteiger partial charge < -0.3 is 15.4 Å². The summed E-state index contributed by atoms with van der Waals surface area (Å²) in [5, 5.41) is 0.851. The Hall–Kier alpha value is -3.12. The second kappa shape index (κ2) is 9.02. The molecule has 0 aliphatic carbocycles. The molecule has 2 aromatic carbocycles. The van der Waals surface area contributed by atoms with Crippen LogP contribution in [-0.2, 0) is 13.0 Å². The minimum Gasteiger partial charge on any atom is -0.487 e. The number of amides is 1. The summed E-state index contributed by atoms with van der Waals surface area (Å²) in [5.41, 5.74) is 12.0. The van der Waals surface area contributed by atoms with Gasteiger partial charge in [-0.3, -0.25) is 14.7 Å². The minimum atomic E-state index is -0.109. The first-order chi connectivity index (χ1) is 17.7. The number of hydrogen-bond donors (Lipinski definition) is 1. The van der Waals surface area contributed by atoms with Crippen LogP contribution in [0.4, 0.5) is 5.69 Å². The average molecular weight is 499 g/mol. The third-order valence-corrected chi connectivity index (χ3v) is 8.93. The van der Waals surface area contributed by atoms with Gasteiger partial charge in [0.05, 0.1) is 22.5 Å². The molecule has 6 nitrogen and oxygen atoms in total. The van der Waals surface area contributed by atoms with Crippen molar-refractivity contribution in [1.82, 2.24) is 14.8 Å². The van der Waals surface area contributed by atoms with Gasteiger partial charge in [0.15, 0.2) is 0 Å². The molecule has 0 radical (unpaired) electrons. The molecule has 194 valence electrons. The van der Waals surface area contributed by atoms with Crippen LogP contribution in [0, 0.1) is 12.3 Å². The molecular formula is C31H38N4O2. The van der Waals surface area contributed by atoms with Gasteiger partial charge in [-0.1, -0.05) is 36.4 Å². The van der Waals surface area contributed by atoms with E-state index in [1.54, 1.807) is 0 Å². The summed E-state index contributed by atoms with van der Waals surface area (Å²) >= 11 is 0. The second-order valence-electron chi connectivity index (χ2n) is 12.0. The number of pyridine rings is 1. The van der Waals surface area contributed by atoms with Crippen molar-refractivity contribution < 1.29 is 9.53 Å². The number of carbonyl (C=O) groups is 1. The van der Waals surface area contributed by atoms with Crippen LogP contribution >= 0.6 is 0 Å². The van der Waals surface area contributed by atoms with Crippen molar-refractivity contribution in [2.24, 2.45) is 5.41 Å². The monoisotopic (exact) mass is 498 g/mol. The molecule has 2 N–H and O–H groups in total. The Morgan fingerprint density at radius 1 is 1.00 bits per heavy atom. The molecule has 0 atom stereocenters. The maximum Gasteiger partial charge on any atom is 0.256 e. The van der Waals surface area contributed by atoms with E-state index in [1.165, 1.54) is 24.0 Å². The van der Waals surface area contributed by atoms with Crippen LogP contribution in [-0.4, -0.2) is 52.5 Å². The number of nitrogens with zero attached hydrogens (tertiary/aromatic N) is 3. The lowest BCUT2D eigenvalue weighted by Crippen LogP contribution is -2.48. The Bertz CT molecular complexity index is 1350. The number of rotatable bonds is 3. The lowest BCUT2D eigenvalue weighted by Gasteiger charge is -2.47. The summed E-state index contributed by atoms with van der Waals surface area (Å²) in [4.78, 5) is 22.8. The van der Waals surface area contributed by atoms with Crippen LogP contribution in [0.2, 0.25) is 0 Å². The third-order valence-electron chi connectivity index (χ3n) is 8.93. The number of ether oxygens (including phenoxy) is 1. The lowest BCUT2D eigenvalue weighted by atomic mass is 9.71. The Morgan fingerprint density at radius 3 is 2.46 bits per heavy atom. The third kappa shape index (κ3) is 4.46. The van der Waals surface area contributed by atoms with E-state index in [0.717, 1.165) is 74.3 Å². The lowest BCUT2D eigenvalue weighted by molar-refractivity contribution is 0.0283. The van der Waals surface area contributed by atoms with Gasteiger partial charge in [0.25, 0.3) is 5.91 Å². The number of fused-ring (bicyclic) bond motifs is 2. The zero-order valence-corrected chi connectivity index (χ0v) is 22.3. The van der Waals surface area contributed by atoms with Crippen LogP contribution < -0.4 is 10.5 Å². The van der Waals surface area contributed by atoms with E-state index in [0.29, 0.717) is 16.7 Å². The molecule has 2 fully saturated rings. The normalized spacial score (nSPS) is 20.7. The first kappa shape index (κ1) is 24.2. The van der Waals surface area contributed by atoms with Crippen molar-refractivity contribution in [2.45, 2.75) is 65.0 Å². The predicted molar refractivity (Wildman–Crippen MR) is 148 cm³/mol. The molecule has 6 heteroatoms. The number of likely N-dealkylation sites (tertiary alicyclic amines) is 2. The quantitative estimate of drug-likeness (QED) is 0.527. The number of aryl methyl sites for hydroxylation is 1. The number of piperidine rings is 2. The highest BCUT2D eigenvalue weighted by Crippen LogP contribution is 2.43. The van der Waals surface area contributed by atoms with Gasteiger partial charge in [0.1, 0.15) is 11.4 Å². The van der Waals surface area contributed by atoms with Crippen molar-refractivity contribution in [2.75, 3.05) is 31.9 Å². The molecule has 6 rings (SSSR count). The zero-order valence-electron chi connectivity index (χ0n) is 22.3. The van der Waals surface area contributed by atoms with E-state index in [9.17, 15) is 4.79 Å². The van der Waals surface area contributed by atoms with E-state index in [-0.39, 0.29) is 11.5 Å². The van der Waals surface area contributed by atoms with E-state index in [4.69, 9.17) is 10.5 Å². The van der Waals surface area contributed by atoms with Gasteiger partial charge in [-0.05, 0) is 76.6 Å². The highest BCUT2D eigenvalue weighted by molar-refractivity contribution is 6.10. The number of para-hydroxylation sites is 2. The SMILES string of the molecule is Cc1nc2ccccc2c(C(=O)N2CCC3(CCN(Cc4cccc5c4OC(C)(C)C5)CC3)CC2)c1N. The molecule has 1 amide bonds. The average Bonchev–Trinajstić information content (AvgIpc) is 3.21. The maximum atomic E-state index is 13.6. The van der Waals surface area contributed by atoms with Crippen LogP contribution in [0.25, 0.3) is 10.9 Å². The van der Waals surface area contributed by atoms with E-state index < -0.39 is 0 Å². The number of anilines is 1. The summed E-state index contributed by atoms with van der Waals surface area (Å²) in [6, 6.07) is 14.4. The maximum absolute atomic E-state index is 13.6. The Kier molecular flexibility index (Phi) is 5.90. The first-order valence-corrected chi connectivity index (χ1v) is 13.7. The smallest absolute Gasteiger partial charge is 0.256 e. The molecular weight excluding hydrogens is 460 g/mol. The number of nitrogens with two attached hydrogens (primary N) is 1. The van der Waals surface area contributed by atoms with E-state index >= 15 is 0 Å².